The Kier molecular flexibility index (Phi) is 5.19. The van der Waals surface area contributed by atoms with E-state index in [-0.39, 0.29) is 12.8 Å². The quantitative estimate of drug-likeness (QED) is 0.468. The molecule has 9 heteroatoms. The predicted molar refractivity (Wildman–Crippen MR) is 48.9 cm³/mol. The first kappa shape index (κ1) is 13.8. The van der Waals surface area contributed by atoms with Gasteiger partial charge in [-0.2, -0.15) is 13.1 Å². The largest absolute Gasteiger partial charge is 0.480 e. The number of nitrogens with two attached hydrogens (primary N) is 1. The molecule has 88 valence electrons. The van der Waals surface area contributed by atoms with Crippen molar-refractivity contribution in [3.63, 3.8) is 0 Å². The Balaban J connectivity index is 4.31. The number of nitrogens with one attached hydrogen (secondary N) is 1. The van der Waals surface area contributed by atoms with E-state index in [1.54, 1.807) is 4.72 Å². The van der Waals surface area contributed by atoms with Crippen molar-refractivity contribution in [2.45, 2.75) is 18.9 Å². The van der Waals surface area contributed by atoms with E-state index in [4.69, 9.17) is 5.11 Å². The number of hydrogen-bond acceptors (Lipinski definition) is 5. The highest BCUT2D eigenvalue weighted by Gasteiger charge is 2.22. The lowest BCUT2D eigenvalue weighted by Crippen LogP contribution is -2.44. The average Bonchev–Trinajstić information content (AvgIpc) is 2.09. The molecule has 0 bridgehead atoms. The molecule has 1 atom stereocenters. The molecular formula is C6H12N2O6S. The Hall–Kier alpha value is -1.19. The molecule has 0 spiro atoms. The van der Waals surface area contributed by atoms with Gasteiger partial charge in [-0.25, -0.2) is 5.14 Å². The van der Waals surface area contributed by atoms with Gasteiger partial charge in [0.2, 0.25) is 0 Å². The van der Waals surface area contributed by atoms with Gasteiger partial charge in [0, 0.05) is 6.42 Å². The monoisotopic (exact) mass is 240 g/mol. The van der Waals surface area contributed by atoms with Gasteiger partial charge >= 0.3 is 11.9 Å². The molecule has 0 aromatic heterocycles. The van der Waals surface area contributed by atoms with Crippen LogP contribution in [0.3, 0.4) is 0 Å². The van der Waals surface area contributed by atoms with Crippen LogP contribution in [0.5, 0.6) is 0 Å². The number of carboxylic acid groups (broad SMARTS) is 1. The fourth-order valence-corrected chi connectivity index (χ4v) is 1.41. The second kappa shape index (κ2) is 5.63. The highest BCUT2D eigenvalue weighted by atomic mass is 32.2. The van der Waals surface area contributed by atoms with Gasteiger partial charge in [0.05, 0.1) is 7.11 Å². The van der Waals surface area contributed by atoms with Gasteiger partial charge in [-0.3, -0.25) is 9.59 Å². The van der Waals surface area contributed by atoms with E-state index in [2.05, 4.69) is 9.88 Å². The predicted octanol–water partition coefficient (Wildman–Crippen LogP) is -1.81. The van der Waals surface area contributed by atoms with E-state index < -0.39 is 28.2 Å². The number of methoxy groups -OCH3 is 1. The van der Waals surface area contributed by atoms with Crippen LogP contribution in [-0.2, 0) is 24.5 Å². The molecule has 0 aliphatic carbocycles. The molecule has 0 aromatic rings. The minimum Gasteiger partial charge on any atom is -0.480 e. The van der Waals surface area contributed by atoms with Crippen LogP contribution in [0.1, 0.15) is 12.8 Å². The summed E-state index contributed by atoms with van der Waals surface area (Å²) in [5.74, 6) is -2.04. The van der Waals surface area contributed by atoms with Gasteiger partial charge < -0.3 is 9.84 Å². The standard InChI is InChI=1S/C6H12N2O6S/c1-14-5(9)3-2-4(6(10)11)8-15(7,12)13/h4,8H,2-3H2,1H3,(H,10,11)(H2,7,12,13). The van der Waals surface area contributed by atoms with Crippen molar-refractivity contribution in [3.05, 3.63) is 0 Å². The first-order valence-corrected chi connectivity index (χ1v) is 5.40. The third-order valence-corrected chi connectivity index (χ3v) is 2.08. The number of carbonyl (C=O) groups is 2. The molecule has 0 aliphatic heterocycles. The van der Waals surface area contributed by atoms with Gasteiger partial charge in [-0.1, -0.05) is 0 Å². The Morgan fingerprint density at radius 2 is 2.07 bits per heavy atom. The molecule has 4 N–H and O–H groups in total. The maximum Gasteiger partial charge on any atom is 0.321 e. The smallest absolute Gasteiger partial charge is 0.321 e. The molecule has 15 heavy (non-hydrogen) atoms. The highest BCUT2D eigenvalue weighted by Crippen LogP contribution is 2.00. The van der Waals surface area contributed by atoms with E-state index in [1.165, 1.54) is 0 Å². The minimum atomic E-state index is -4.11. The summed E-state index contributed by atoms with van der Waals surface area (Å²) in [6.07, 6.45) is -0.436. The number of esters is 1. The summed E-state index contributed by atoms with van der Waals surface area (Å²) < 4.78 is 27.0. The summed E-state index contributed by atoms with van der Waals surface area (Å²) in [5, 5.41) is 13.2. The highest BCUT2D eigenvalue weighted by molar-refractivity contribution is 7.87. The van der Waals surface area contributed by atoms with Crippen LogP contribution in [0.2, 0.25) is 0 Å². The van der Waals surface area contributed by atoms with Gasteiger partial charge in [-0.15, -0.1) is 0 Å². The molecule has 0 heterocycles. The zero-order valence-electron chi connectivity index (χ0n) is 7.97. The van der Waals surface area contributed by atoms with Crippen molar-refractivity contribution < 1.29 is 27.9 Å². The summed E-state index contributed by atoms with van der Waals surface area (Å²) in [7, 11) is -2.96. The van der Waals surface area contributed by atoms with Crippen molar-refractivity contribution >= 4 is 22.1 Å². The molecule has 0 saturated heterocycles. The fourth-order valence-electron chi connectivity index (χ4n) is 0.795. The number of rotatable bonds is 6. The molecule has 1 unspecified atom stereocenters. The topological polar surface area (TPSA) is 136 Å². The number of hydrogen-bond donors (Lipinski definition) is 3. The van der Waals surface area contributed by atoms with Crippen molar-refractivity contribution in [1.82, 2.24) is 4.72 Å². The van der Waals surface area contributed by atoms with Gasteiger partial charge in [-0.05, 0) is 6.42 Å². The molecule has 0 radical (unpaired) electrons. The first-order valence-electron chi connectivity index (χ1n) is 3.86. The van der Waals surface area contributed by atoms with Gasteiger partial charge in [0.1, 0.15) is 6.04 Å². The van der Waals surface area contributed by atoms with E-state index in [0.29, 0.717) is 0 Å². The lowest BCUT2D eigenvalue weighted by atomic mass is 10.2. The summed E-state index contributed by atoms with van der Waals surface area (Å²) >= 11 is 0. The first-order chi connectivity index (χ1) is 6.76. The number of carbonyl (C=O) groups excluding carboxylic acids is 1. The number of carboxylic acids is 1. The molecule has 0 aliphatic rings. The van der Waals surface area contributed by atoms with E-state index in [9.17, 15) is 18.0 Å². The summed E-state index contributed by atoms with van der Waals surface area (Å²) in [6.45, 7) is 0. The van der Waals surface area contributed by atoms with Crippen molar-refractivity contribution in [2.24, 2.45) is 5.14 Å². The second-order valence-corrected chi connectivity index (χ2v) is 3.99. The van der Waals surface area contributed by atoms with E-state index >= 15 is 0 Å². The molecule has 8 nitrogen and oxygen atoms in total. The average molecular weight is 240 g/mol. The molecule has 0 saturated carbocycles. The van der Waals surface area contributed by atoms with Crippen LogP contribution in [0.4, 0.5) is 0 Å². The van der Waals surface area contributed by atoms with E-state index in [0.717, 1.165) is 7.11 Å². The number of ether oxygens (including phenoxy) is 1. The van der Waals surface area contributed by atoms with Gasteiger partial charge in [0.15, 0.2) is 0 Å². The lowest BCUT2D eigenvalue weighted by molar-refractivity contribution is -0.142. The summed E-state index contributed by atoms with van der Waals surface area (Å²) in [4.78, 5) is 21.2. The zero-order chi connectivity index (χ0) is 12.1. The molecule has 0 fully saturated rings. The summed E-state index contributed by atoms with van der Waals surface area (Å²) in [5.41, 5.74) is 0. The van der Waals surface area contributed by atoms with Gasteiger partial charge in [0.25, 0.3) is 10.2 Å². The Morgan fingerprint density at radius 3 is 2.40 bits per heavy atom. The Morgan fingerprint density at radius 1 is 1.53 bits per heavy atom. The third-order valence-electron chi connectivity index (χ3n) is 1.47. The SMILES string of the molecule is COC(=O)CCC(NS(N)(=O)=O)C(=O)O. The van der Waals surface area contributed by atoms with Crippen LogP contribution in [0.15, 0.2) is 0 Å². The second-order valence-electron chi connectivity index (χ2n) is 2.67. The van der Waals surface area contributed by atoms with Crippen molar-refractivity contribution in [2.75, 3.05) is 7.11 Å². The van der Waals surface area contributed by atoms with E-state index in [1.807, 2.05) is 0 Å². The summed E-state index contributed by atoms with van der Waals surface area (Å²) in [6, 6.07) is -1.43. The molecular weight excluding hydrogens is 228 g/mol. The maximum absolute atomic E-state index is 10.7. The Labute approximate surface area is 86.6 Å². The molecule has 0 rings (SSSR count). The molecule has 0 aromatic carbocycles. The van der Waals surface area contributed by atoms with Crippen LogP contribution in [0.25, 0.3) is 0 Å². The minimum absolute atomic E-state index is 0.212. The van der Waals surface area contributed by atoms with Crippen LogP contribution < -0.4 is 9.86 Å². The fraction of sp³-hybridized carbons (Fsp3) is 0.667. The normalized spacial score (nSPS) is 13.2. The lowest BCUT2D eigenvalue weighted by Gasteiger charge is -2.11. The third kappa shape index (κ3) is 6.82. The van der Waals surface area contributed by atoms with Crippen LogP contribution >= 0.6 is 0 Å². The Bertz CT molecular complexity index is 338. The zero-order valence-corrected chi connectivity index (χ0v) is 8.78. The van der Waals surface area contributed by atoms with Crippen LogP contribution in [-0.4, -0.2) is 38.6 Å². The maximum atomic E-state index is 10.7. The molecule has 0 amide bonds. The number of aliphatic carboxylic acids is 1. The van der Waals surface area contributed by atoms with Crippen LogP contribution in [0, 0.1) is 0 Å². The van der Waals surface area contributed by atoms with Crippen molar-refractivity contribution in [3.8, 4) is 0 Å². The van der Waals surface area contributed by atoms with Crippen molar-refractivity contribution in [1.29, 1.82) is 0 Å².